The molecule has 1 fully saturated rings. The van der Waals surface area contributed by atoms with Crippen molar-refractivity contribution in [3.63, 3.8) is 0 Å². The van der Waals surface area contributed by atoms with E-state index in [1.54, 1.807) is 0 Å². The molecule has 0 aromatic rings. The summed E-state index contributed by atoms with van der Waals surface area (Å²) in [6.45, 7) is 2.25. The van der Waals surface area contributed by atoms with Crippen LogP contribution in [0.15, 0.2) is 0 Å². The van der Waals surface area contributed by atoms with Gasteiger partial charge in [0.25, 0.3) is 0 Å². The van der Waals surface area contributed by atoms with E-state index in [0.717, 1.165) is 0 Å². The molecule has 54 valence electrons. The van der Waals surface area contributed by atoms with Crippen LogP contribution in [-0.4, -0.2) is 7.38 Å². The summed E-state index contributed by atoms with van der Waals surface area (Å²) in [6.07, 6.45) is 4.13. The van der Waals surface area contributed by atoms with Gasteiger partial charge in [0.05, 0.1) is 0 Å². The summed E-state index contributed by atoms with van der Waals surface area (Å²) >= 11 is 6.41. The highest BCUT2D eigenvalue weighted by atomic mass is 35.6. The Morgan fingerprint density at radius 2 is 1.89 bits per heavy atom. The van der Waals surface area contributed by atoms with Crippen molar-refractivity contribution in [3.8, 4) is 0 Å². The average Bonchev–Trinajstić information content (AvgIpc) is 2.16. The van der Waals surface area contributed by atoms with Crippen molar-refractivity contribution in [2.45, 2.75) is 44.3 Å². The monoisotopic (exact) mass is 162 g/mol. The van der Waals surface area contributed by atoms with E-state index in [4.69, 9.17) is 11.1 Å². The minimum absolute atomic E-state index is 1.11. The molecule has 0 N–H and O–H groups in total. The van der Waals surface area contributed by atoms with Crippen LogP contribution in [0.2, 0.25) is 18.1 Å². The van der Waals surface area contributed by atoms with Crippen molar-refractivity contribution in [2.75, 3.05) is 0 Å². The lowest BCUT2D eigenvalue weighted by Gasteiger charge is -2.15. The van der Waals surface area contributed by atoms with Crippen LogP contribution in [0.25, 0.3) is 0 Å². The van der Waals surface area contributed by atoms with E-state index < -0.39 is 7.38 Å². The Kier molecular flexibility index (Phi) is 2.59. The van der Waals surface area contributed by atoms with Crippen LogP contribution in [0.5, 0.6) is 0 Å². The summed E-state index contributed by atoms with van der Waals surface area (Å²) in [6, 6.07) is 4.14. The molecule has 0 bridgehead atoms. The molecule has 0 saturated carbocycles. The molecule has 0 radical (unpaired) electrons. The van der Waals surface area contributed by atoms with Crippen LogP contribution < -0.4 is 0 Å². The van der Waals surface area contributed by atoms with E-state index in [2.05, 4.69) is 6.92 Å². The molecule has 0 atom stereocenters. The fourth-order valence-electron chi connectivity index (χ4n) is 1.71. The summed E-state index contributed by atoms with van der Waals surface area (Å²) in [5, 5.41) is 0. The minimum atomic E-state index is -1.11. The molecule has 0 aromatic heterocycles. The van der Waals surface area contributed by atoms with Gasteiger partial charge in [0.2, 0.25) is 0 Å². The van der Waals surface area contributed by atoms with Gasteiger partial charge in [-0.1, -0.05) is 26.2 Å². The first-order chi connectivity index (χ1) is 4.27. The summed E-state index contributed by atoms with van der Waals surface area (Å²) in [4.78, 5) is 0. The van der Waals surface area contributed by atoms with Gasteiger partial charge in [-0.25, -0.2) is 0 Å². The Labute approximate surface area is 63.3 Å². The highest BCUT2D eigenvalue weighted by molar-refractivity contribution is 7.20. The van der Waals surface area contributed by atoms with Crippen molar-refractivity contribution in [1.82, 2.24) is 0 Å². The van der Waals surface area contributed by atoms with Crippen LogP contribution in [0.3, 0.4) is 0 Å². The second-order valence-electron chi connectivity index (χ2n) is 3.11. The molecule has 1 rings (SSSR count). The molecular formula is C7H15ClSi. The predicted molar refractivity (Wildman–Crippen MR) is 45.6 cm³/mol. The van der Waals surface area contributed by atoms with Gasteiger partial charge in [-0.2, -0.15) is 11.1 Å². The average molecular weight is 163 g/mol. The van der Waals surface area contributed by atoms with E-state index in [1.807, 2.05) is 0 Å². The Morgan fingerprint density at radius 3 is 2.33 bits per heavy atom. The Bertz CT molecular complexity index is 86.9. The van der Waals surface area contributed by atoms with Crippen molar-refractivity contribution in [3.05, 3.63) is 0 Å². The Balaban J connectivity index is 2.32. The normalized spacial score (nSPS) is 24.7. The Hall–Kier alpha value is 0.507. The smallest absolute Gasteiger partial charge is 0.156 e. The first-order valence-corrected chi connectivity index (χ1v) is 7.59. The van der Waals surface area contributed by atoms with Crippen molar-refractivity contribution < 1.29 is 0 Å². The molecule has 9 heavy (non-hydrogen) atoms. The maximum absolute atomic E-state index is 6.41. The van der Waals surface area contributed by atoms with Gasteiger partial charge in [-0.15, -0.1) is 0 Å². The van der Waals surface area contributed by atoms with Crippen LogP contribution in [0.4, 0.5) is 0 Å². The third-order valence-electron chi connectivity index (χ3n) is 2.20. The zero-order valence-corrected chi connectivity index (χ0v) is 7.88. The fraction of sp³-hybridized carbons (Fsp3) is 1.00. The quantitative estimate of drug-likeness (QED) is 0.432. The van der Waals surface area contributed by atoms with Crippen molar-refractivity contribution >= 4 is 18.5 Å². The molecule has 2 heteroatoms. The minimum Gasteiger partial charge on any atom is -0.167 e. The summed E-state index contributed by atoms with van der Waals surface area (Å²) in [7, 11) is -1.11. The highest BCUT2D eigenvalue weighted by Gasteiger charge is 2.32. The maximum atomic E-state index is 6.41. The van der Waals surface area contributed by atoms with Crippen molar-refractivity contribution in [1.29, 1.82) is 0 Å². The van der Waals surface area contributed by atoms with Gasteiger partial charge >= 0.3 is 0 Å². The predicted octanol–water partition coefficient (Wildman–Crippen LogP) is 3.37. The lowest BCUT2D eigenvalue weighted by Crippen LogP contribution is -2.20. The SMILES string of the molecule is CCC[Si]1(Cl)CCCC1. The van der Waals surface area contributed by atoms with E-state index in [-0.39, 0.29) is 0 Å². The van der Waals surface area contributed by atoms with E-state index in [9.17, 15) is 0 Å². The van der Waals surface area contributed by atoms with Crippen LogP contribution in [-0.2, 0) is 0 Å². The van der Waals surface area contributed by atoms with Gasteiger partial charge in [-0.3, -0.25) is 0 Å². The largest absolute Gasteiger partial charge is 0.167 e. The summed E-state index contributed by atoms with van der Waals surface area (Å²) in [5.74, 6) is 0. The lowest BCUT2D eigenvalue weighted by atomic mass is 10.4. The standard InChI is InChI=1S/C7H15ClSi/c1-2-5-9(8)6-3-4-7-9/h2-7H2,1H3. The third kappa shape index (κ3) is 1.97. The van der Waals surface area contributed by atoms with E-state index >= 15 is 0 Å². The van der Waals surface area contributed by atoms with Gasteiger partial charge < -0.3 is 0 Å². The topological polar surface area (TPSA) is 0 Å². The zero-order chi connectivity index (χ0) is 6.74. The second-order valence-corrected chi connectivity index (χ2v) is 9.32. The lowest BCUT2D eigenvalue weighted by molar-refractivity contribution is 0.935. The van der Waals surface area contributed by atoms with Crippen LogP contribution >= 0.6 is 11.1 Å². The molecule has 1 aliphatic heterocycles. The van der Waals surface area contributed by atoms with E-state index in [0.29, 0.717) is 0 Å². The fourth-order valence-corrected chi connectivity index (χ4v) is 6.49. The molecule has 0 unspecified atom stereocenters. The molecule has 0 nitrogen and oxygen atoms in total. The number of rotatable bonds is 2. The number of hydrogen-bond acceptors (Lipinski definition) is 0. The molecule has 1 saturated heterocycles. The number of halogens is 1. The third-order valence-corrected chi connectivity index (χ3v) is 7.79. The van der Waals surface area contributed by atoms with Gasteiger partial charge in [0.15, 0.2) is 7.38 Å². The van der Waals surface area contributed by atoms with Gasteiger partial charge in [0, 0.05) is 0 Å². The first-order valence-electron chi connectivity index (χ1n) is 3.96. The van der Waals surface area contributed by atoms with Gasteiger partial charge in [0.1, 0.15) is 0 Å². The zero-order valence-electron chi connectivity index (χ0n) is 6.12. The van der Waals surface area contributed by atoms with Crippen LogP contribution in [0, 0.1) is 0 Å². The highest BCUT2D eigenvalue weighted by Crippen LogP contribution is 2.37. The van der Waals surface area contributed by atoms with Crippen molar-refractivity contribution in [2.24, 2.45) is 0 Å². The maximum Gasteiger partial charge on any atom is 0.156 e. The van der Waals surface area contributed by atoms with E-state index in [1.165, 1.54) is 37.4 Å². The molecule has 1 heterocycles. The molecule has 0 aromatic carbocycles. The molecule has 0 spiro atoms. The second kappa shape index (κ2) is 3.06. The first kappa shape index (κ1) is 7.61. The summed E-state index contributed by atoms with van der Waals surface area (Å²) < 4.78 is 0. The molecular weight excluding hydrogens is 148 g/mol. The summed E-state index contributed by atoms with van der Waals surface area (Å²) in [5.41, 5.74) is 0. The number of hydrogen-bond donors (Lipinski definition) is 0. The Morgan fingerprint density at radius 1 is 1.33 bits per heavy atom. The molecule has 0 aliphatic carbocycles. The molecule has 0 amide bonds. The van der Waals surface area contributed by atoms with Gasteiger partial charge in [-0.05, 0) is 18.1 Å². The van der Waals surface area contributed by atoms with Crippen LogP contribution in [0.1, 0.15) is 26.2 Å². The molecule has 1 aliphatic rings.